The van der Waals surface area contributed by atoms with E-state index in [4.69, 9.17) is 10.5 Å². The monoisotopic (exact) mass is 333 g/mol. The third-order valence-electron chi connectivity index (χ3n) is 4.41. The number of rotatable bonds is 15. The first-order valence-electron chi connectivity index (χ1n) is 9.76. The maximum absolute atomic E-state index is 11.0. The first kappa shape index (κ1) is 20.5. The van der Waals surface area contributed by atoms with Gasteiger partial charge in [-0.05, 0) is 30.7 Å². The van der Waals surface area contributed by atoms with Crippen molar-refractivity contribution in [1.29, 1.82) is 0 Å². The van der Waals surface area contributed by atoms with Gasteiger partial charge in [-0.15, -0.1) is 0 Å². The van der Waals surface area contributed by atoms with Crippen molar-refractivity contribution in [3.8, 4) is 5.75 Å². The van der Waals surface area contributed by atoms with E-state index in [2.05, 4.69) is 6.92 Å². The van der Waals surface area contributed by atoms with Crippen LogP contribution in [0.3, 0.4) is 0 Å². The van der Waals surface area contributed by atoms with Gasteiger partial charge in [-0.2, -0.15) is 0 Å². The van der Waals surface area contributed by atoms with E-state index in [-0.39, 0.29) is 0 Å². The molecule has 0 aliphatic carbocycles. The minimum Gasteiger partial charge on any atom is -0.494 e. The number of primary amides is 1. The van der Waals surface area contributed by atoms with E-state index in [1.54, 1.807) is 24.3 Å². The van der Waals surface area contributed by atoms with Gasteiger partial charge in [-0.1, -0.05) is 77.6 Å². The lowest BCUT2D eigenvalue weighted by Gasteiger charge is -2.06. The summed E-state index contributed by atoms with van der Waals surface area (Å²) in [5, 5.41) is 0. The van der Waals surface area contributed by atoms with Crippen LogP contribution in [0.15, 0.2) is 24.3 Å². The van der Waals surface area contributed by atoms with E-state index in [9.17, 15) is 4.79 Å². The fourth-order valence-corrected chi connectivity index (χ4v) is 2.85. The number of amides is 1. The number of nitrogens with two attached hydrogens (primary N) is 1. The Morgan fingerprint density at radius 1 is 0.792 bits per heavy atom. The molecule has 0 aromatic heterocycles. The zero-order chi connectivity index (χ0) is 17.5. The molecule has 3 nitrogen and oxygen atoms in total. The molecule has 1 aromatic rings. The van der Waals surface area contributed by atoms with E-state index < -0.39 is 5.91 Å². The summed E-state index contributed by atoms with van der Waals surface area (Å²) in [6, 6.07) is 7.03. The van der Waals surface area contributed by atoms with E-state index in [1.807, 2.05) is 0 Å². The molecule has 0 aliphatic rings. The Bertz CT molecular complexity index is 428. The summed E-state index contributed by atoms with van der Waals surface area (Å²) in [6.45, 7) is 3.01. The van der Waals surface area contributed by atoms with Gasteiger partial charge in [-0.3, -0.25) is 4.79 Å². The lowest BCUT2D eigenvalue weighted by atomic mass is 10.1. The summed E-state index contributed by atoms with van der Waals surface area (Å²) >= 11 is 0. The highest BCUT2D eigenvalue weighted by Crippen LogP contribution is 2.14. The van der Waals surface area contributed by atoms with Gasteiger partial charge in [0.1, 0.15) is 5.75 Å². The van der Waals surface area contributed by atoms with Gasteiger partial charge in [0.05, 0.1) is 6.61 Å². The summed E-state index contributed by atoms with van der Waals surface area (Å²) < 4.78 is 5.68. The number of hydrogen-bond acceptors (Lipinski definition) is 2. The van der Waals surface area contributed by atoms with Crippen LogP contribution in [0, 0.1) is 0 Å². The van der Waals surface area contributed by atoms with Crippen molar-refractivity contribution in [1.82, 2.24) is 0 Å². The molecule has 0 fully saturated rings. The summed E-state index contributed by atoms with van der Waals surface area (Å²) in [7, 11) is 0. The predicted octanol–water partition coefficient (Wildman–Crippen LogP) is 5.87. The first-order chi connectivity index (χ1) is 11.7. The van der Waals surface area contributed by atoms with Gasteiger partial charge in [0.15, 0.2) is 0 Å². The molecule has 24 heavy (non-hydrogen) atoms. The van der Waals surface area contributed by atoms with Crippen LogP contribution in [0.2, 0.25) is 0 Å². The Kier molecular flexibility index (Phi) is 11.9. The van der Waals surface area contributed by atoms with Crippen LogP contribution in [0.5, 0.6) is 5.75 Å². The van der Waals surface area contributed by atoms with Crippen molar-refractivity contribution in [2.24, 2.45) is 5.73 Å². The summed E-state index contributed by atoms with van der Waals surface area (Å²) in [5.74, 6) is 0.408. The Hall–Kier alpha value is -1.51. The van der Waals surface area contributed by atoms with Gasteiger partial charge >= 0.3 is 0 Å². The molecule has 1 amide bonds. The summed E-state index contributed by atoms with van der Waals surface area (Å²) in [5.41, 5.74) is 5.73. The molecule has 0 unspecified atom stereocenters. The Labute approximate surface area is 148 Å². The highest BCUT2D eigenvalue weighted by molar-refractivity contribution is 5.92. The minimum absolute atomic E-state index is 0.400. The highest BCUT2D eigenvalue weighted by Gasteiger charge is 2.00. The normalized spacial score (nSPS) is 10.7. The van der Waals surface area contributed by atoms with Crippen LogP contribution in [0.1, 0.15) is 94.3 Å². The van der Waals surface area contributed by atoms with Crippen LogP contribution in [0.25, 0.3) is 0 Å². The topological polar surface area (TPSA) is 52.3 Å². The smallest absolute Gasteiger partial charge is 0.248 e. The lowest BCUT2D eigenvalue weighted by Crippen LogP contribution is -2.10. The number of unbranched alkanes of at least 4 members (excludes halogenated alkanes) is 11. The first-order valence-corrected chi connectivity index (χ1v) is 9.76. The standard InChI is InChI=1S/C21H35NO2/c1-2-3-4-5-6-7-8-9-10-11-12-13-18-24-20-16-14-19(15-17-20)21(22)23/h14-17H,2-13,18H2,1H3,(H2,22,23). The number of carbonyl (C=O) groups is 1. The largest absolute Gasteiger partial charge is 0.494 e. The molecular weight excluding hydrogens is 298 g/mol. The molecule has 0 spiro atoms. The van der Waals surface area contributed by atoms with Crippen molar-refractivity contribution >= 4 is 5.91 Å². The molecule has 0 heterocycles. The molecule has 0 saturated carbocycles. The molecule has 1 aromatic carbocycles. The SMILES string of the molecule is CCCCCCCCCCCCCCOc1ccc(C(N)=O)cc1. The molecule has 136 valence electrons. The summed E-state index contributed by atoms with van der Waals surface area (Å²) in [6.07, 6.45) is 16.2. The third kappa shape index (κ3) is 10.3. The average Bonchev–Trinajstić information content (AvgIpc) is 2.59. The maximum Gasteiger partial charge on any atom is 0.248 e. The Balaban J connectivity index is 1.87. The van der Waals surface area contributed by atoms with E-state index in [1.165, 1.54) is 70.6 Å². The minimum atomic E-state index is -0.400. The van der Waals surface area contributed by atoms with Crippen molar-refractivity contribution < 1.29 is 9.53 Å². The predicted molar refractivity (Wildman–Crippen MR) is 102 cm³/mol. The fourth-order valence-electron chi connectivity index (χ4n) is 2.85. The lowest BCUT2D eigenvalue weighted by molar-refractivity contribution is 0.100. The number of carbonyl (C=O) groups excluding carboxylic acids is 1. The molecular formula is C21H35NO2. The third-order valence-corrected chi connectivity index (χ3v) is 4.41. The van der Waals surface area contributed by atoms with Crippen LogP contribution in [-0.4, -0.2) is 12.5 Å². The van der Waals surface area contributed by atoms with Crippen molar-refractivity contribution in [3.63, 3.8) is 0 Å². The fraction of sp³-hybridized carbons (Fsp3) is 0.667. The van der Waals surface area contributed by atoms with Crippen molar-refractivity contribution in [3.05, 3.63) is 29.8 Å². The van der Waals surface area contributed by atoms with Crippen LogP contribution < -0.4 is 10.5 Å². The van der Waals surface area contributed by atoms with Crippen LogP contribution in [-0.2, 0) is 0 Å². The molecule has 1 rings (SSSR count). The number of ether oxygens (including phenoxy) is 1. The average molecular weight is 334 g/mol. The second kappa shape index (κ2) is 13.9. The molecule has 0 aliphatic heterocycles. The van der Waals surface area contributed by atoms with E-state index >= 15 is 0 Å². The van der Waals surface area contributed by atoms with E-state index in [0.29, 0.717) is 5.56 Å². The van der Waals surface area contributed by atoms with E-state index in [0.717, 1.165) is 18.8 Å². The summed E-state index contributed by atoms with van der Waals surface area (Å²) in [4.78, 5) is 11.0. The number of benzene rings is 1. The quantitative estimate of drug-likeness (QED) is 0.408. The zero-order valence-corrected chi connectivity index (χ0v) is 15.4. The second-order valence-electron chi connectivity index (χ2n) is 6.63. The van der Waals surface area contributed by atoms with Gasteiger partial charge in [0.25, 0.3) is 0 Å². The molecule has 3 heteroatoms. The number of hydrogen-bond donors (Lipinski definition) is 1. The molecule has 2 N–H and O–H groups in total. The van der Waals surface area contributed by atoms with Crippen molar-refractivity contribution in [2.75, 3.05) is 6.61 Å². The molecule has 0 radical (unpaired) electrons. The van der Waals surface area contributed by atoms with Gasteiger partial charge in [0, 0.05) is 5.56 Å². The maximum atomic E-state index is 11.0. The Morgan fingerprint density at radius 2 is 1.25 bits per heavy atom. The van der Waals surface area contributed by atoms with Crippen LogP contribution >= 0.6 is 0 Å². The second-order valence-corrected chi connectivity index (χ2v) is 6.63. The van der Waals surface area contributed by atoms with Crippen molar-refractivity contribution in [2.45, 2.75) is 84.0 Å². The van der Waals surface area contributed by atoms with Gasteiger partial charge in [0.2, 0.25) is 5.91 Å². The molecule has 0 atom stereocenters. The van der Waals surface area contributed by atoms with Gasteiger partial charge in [-0.25, -0.2) is 0 Å². The molecule has 0 bridgehead atoms. The van der Waals surface area contributed by atoms with Gasteiger partial charge < -0.3 is 10.5 Å². The van der Waals surface area contributed by atoms with Crippen LogP contribution in [0.4, 0.5) is 0 Å². The zero-order valence-electron chi connectivity index (χ0n) is 15.4. The highest BCUT2D eigenvalue weighted by atomic mass is 16.5. The molecule has 0 saturated heterocycles. The Morgan fingerprint density at radius 3 is 1.71 bits per heavy atom.